The number of rotatable bonds is 7. The van der Waals surface area contributed by atoms with E-state index in [9.17, 15) is 9.59 Å². The molecule has 3 amide bonds. The molecule has 0 spiro atoms. The molecule has 1 aromatic carbocycles. The van der Waals surface area contributed by atoms with Gasteiger partial charge in [0.2, 0.25) is 5.91 Å². The van der Waals surface area contributed by atoms with Crippen LogP contribution in [0.25, 0.3) is 5.82 Å². The van der Waals surface area contributed by atoms with Gasteiger partial charge in [0, 0.05) is 37.2 Å². The lowest BCUT2D eigenvalue weighted by Gasteiger charge is -2.16. The molecule has 0 unspecified atom stereocenters. The fourth-order valence-electron chi connectivity index (χ4n) is 2.72. The van der Waals surface area contributed by atoms with Gasteiger partial charge in [-0.25, -0.2) is 14.5 Å². The van der Waals surface area contributed by atoms with Crippen LogP contribution in [-0.4, -0.2) is 26.7 Å². The molecule has 3 aromatic rings. The second-order valence-corrected chi connectivity index (χ2v) is 6.55. The van der Waals surface area contributed by atoms with Gasteiger partial charge in [-0.1, -0.05) is 19.1 Å². The number of hydrogen-bond acceptors (Lipinski definition) is 4. The lowest BCUT2D eigenvalue weighted by Crippen LogP contribution is -2.36. The van der Waals surface area contributed by atoms with E-state index in [-0.39, 0.29) is 18.0 Å². The molecule has 0 saturated heterocycles. The molecule has 0 fully saturated rings. The third-order valence-electron chi connectivity index (χ3n) is 4.37. The van der Waals surface area contributed by atoms with Crippen LogP contribution in [0.15, 0.2) is 61.1 Å². The highest BCUT2D eigenvalue weighted by Crippen LogP contribution is 2.16. The second kappa shape index (κ2) is 9.50. The quantitative estimate of drug-likeness (QED) is 0.575. The van der Waals surface area contributed by atoms with Crippen LogP contribution in [0.2, 0.25) is 0 Å². The smallest absolute Gasteiger partial charge is 0.315 e. The Hall–Kier alpha value is -3.68. The summed E-state index contributed by atoms with van der Waals surface area (Å²) in [6.45, 7) is 4.08. The first kappa shape index (κ1) is 20.1. The number of nitrogens with zero attached hydrogens (tertiary/aromatic N) is 3. The first-order valence-corrected chi connectivity index (χ1v) is 9.44. The van der Waals surface area contributed by atoms with E-state index >= 15 is 0 Å². The van der Waals surface area contributed by atoms with Gasteiger partial charge in [0.1, 0.15) is 0 Å². The molecule has 3 N–H and O–H groups in total. The minimum atomic E-state index is -0.265. The van der Waals surface area contributed by atoms with Crippen molar-refractivity contribution in [2.45, 2.75) is 32.9 Å². The van der Waals surface area contributed by atoms with Crippen LogP contribution in [0, 0.1) is 0 Å². The van der Waals surface area contributed by atoms with Gasteiger partial charge in [0.25, 0.3) is 0 Å². The molecule has 0 bridgehead atoms. The van der Waals surface area contributed by atoms with Crippen LogP contribution >= 0.6 is 0 Å². The van der Waals surface area contributed by atoms with E-state index < -0.39 is 0 Å². The molecule has 0 radical (unpaired) electrons. The fraction of sp³-hybridized carbons (Fsp3) is 0.238. The minimum Gasteiger partial charge on any atom is -0.334 e. The molecule has 2 heterocycles. The molecule has 8 nitrogen and oxygen atoms in total. The Kier molecular flexibility index (Phi) is 6.57. The van der Waals surface area contributed by atoms with Crippen molar-refractivity contribution in [3.05, 3.63) is 72.2 Å². The first-order chi connectivity index (χ1) is 14.0. The van der Waals surface area contributed by atoms with Gasteiger partial charge in [0.15, 0.2) is 5.82 Å². The van der Waals surface area contributed by atoms with E-state index in [1.165, 1.54) is 0 Å². The Balaban J connectivity index is 1.51. The van der Waals surface area contributed by atoms with E-state index in [0.717, 1.165) is 16.8 Å². The van der Waals surface area contributed by atoms with Crippen LogP contribution in [0.1, 0.15) is 37.4 Å². The summed E-state index contributed by atoms with van der Waals surface area (Å²) in [6, 6.07) is 12.5. The number of hydrogen-bond donors (Lipinski definition) is 3. The second-order valence-electron chi connectivity index (χ2n) is 6.55. The van der Waals surface area contributed by atoms with Gasteiger partial charge in [-0.2, -0.15) is 5.10 Å². The van der Waals surface area contributed by atoms with Gasteiger partial charge < -0.3 is 16.0 Å². The van der Waals surface area contributed by atoms with Crippen LogP contribution in [0.3, 0.4) is 0 Å². The Morgan fingerprint density at radius 1 is 1.14 bits per heavy atom. The maximum atomic E-state index is 12.3. The third-order valence-corrected chi connectivity index (χ3v) is 4.37. The van der Waals surface area contributed by atoms with Gasteiger partial charge >= 0.3 is 6.03 Å². The van der Waals surface area contributed by atoms with Gasteiger partial charge in [-0.05, 0) is 48.4 Å². The molecular formula is C21H24N6O2. The zero-order valence-corrected chi connectivity index (χ0v) is 16.4. The predicted octanol–water partition coefficient (Wildman–Crippen LogP) is 3.18. The Morgan fingerprint density at radius 2 is 1.93 bits per heavy atom. The highest BCUT2D eigenvalue weighted by molar-refractivity contribution is 5.90. The molecule has 0 saturated carbocycles. The summed E-state index contributed by atoms with van der Waals surface area (Å²) in [4.78, 5) is 28.0. The van der Waals surface area contributed by atoms with Crippen LogP contribution in [0.4, 0.5) is 10.5 Å². The van der Waals surface area contributed by atoms with Crippen molar-refractivity contribution in [1.82, 2.24) is 25.4 Å². The average Bonchev–Trinajstić information content (AvgIpc) is 3.28. The Bertz CT molecular complexity index is 954. The third kappa shape index (κ3) is 5.65. The van der Waals surface area contributed by atoms with Crippen LogP contribution < -0.4 is 16.0 Å². The van der Waals surface area contributed by atoms with Crippen molar-refractivity contribution in [3.63, 3.8) is 0 Å². The molecule has 150 valence electrons. The lowest BCUT2D eigenvalue weighted by atomic mass is 10.1. The van der Waals surface area contributed by atoms with Crippen molar-refractivity contribution in [3.8, 4) is 5.82 Å². The number of carbonyl (C=O) groups excluding carboxylic acids is 2. The highest BCUT2D eigenvalue weighted by atomic mass is 16.2. The Labute approximate surface area is 169 Å². The summed E-state index contributed by atoms with van der Waals surface area (Å²) in [5, 5.41) is 12.7. The predicted molar refractivity (Wildman–Crippen MR) is 111 cm³/mol. The van der Waals surface area contributed by atoms with E-state index in [0.29, 0.717) is 18.8 Å². The van der Waals surface area contributed by atoms with Crippen molar-refractivity contribution in [1.29, 1.82) is 0 Å². The minimum absolute atomic E-state index is 0.0323. The molecule has 0 aliphatic carbocycles. The van der Waals surface area contributed by atoms with E-state index in [2.05, 4.69) is 26.0 Å². The van der Waals surface area contributed by atoms with Crippen LogP contribution in [0.5, 0.6) is 0 Å². The molecule has 29 heavy (non-hydrogen) atoms. The van der Waals surface area contributed by atoms with Crippen molar-refractivity contribution in [2.75, 3.05) is 5.32 Å². The van der Waals surface area contributed by atoms with Gasteiger partial charge in [-0.3, -0.25) is 4.79 Å². The maximum absolute atomic E-state index is 12.3. The molecule has 0 aliphatic rings. The topological polar surface area (TPSA) is 101 Å². The summed E-state index contributed by atoms with van der Waals surface area (Å²) in [7, 11) is 0. The largest absolute Gasteiger partial charge is 0.334 e. The first-order valence-electron chi connectivity index (χ1n) is 9.44. The standard InChI is InChI=1S/C21H24N6O2/c1-3-20(28)26-18-7-5-17(6-8-18)15(2)25-21(29)23-14-16-9-11-22-19(13-16)27-12-4-10-24-27/h4-13,15H,3,14H2,1-2H3,(H,26,28)(H2,23,25,29)/t15-/m1/s1. The van der Waals surface area contributed by atoms with Gasteiger partial charge in [-0.15, -0.1) is 0 Å². The molecule has 1 atom stereocenters. The zero-order chi connectivity index (χ0) is 20.6. The molecule has 8 heteroatoms. The summed E-state index contributed by atoms with van der Waals surface area (Å²) in [6.07, 6.45) is 5.62. The van der Waals surface area contributed by atoms with E-state index in [4.69, 9.17) is 0 Å². The number of anilines is 1. The molecule has 3 rings (SSSR count). The average molecular weight is 392 g/mol. The van der Waals surface area contributed by atoms with Crippen molar-refractivity contribution >= 4 is 17.6 Å². The molecular weight excluding hydrogens is 368 g/mol. The monoisotopic (exact) mass is 392 g/mol. The van der Waals surface area contributed by atoms with E-state index in [1.54, 1.807) is 24.0 Å². The number of benzene rings is 1. The lowest BCUT2D eigenvalue weighted by molar-refractivity contribution is -0.115. The van der Waals surface area contributed by atoms with Gasteiger partial charge in [0.05, 0.1) is 6.04 Å². The van der Waals surface area contributed by atoms with Crippen molar-refractivity contribution in [2.24, 2.45) is 0 Å². The number of urea groups is 1. The van der Waals surface area contributed by atoms with Crippen LogP contribution in [-0.2, 0) is 11.3 Å². The normalized spacial score (nSPS) is 11.5. The number of amides is 3. The number of nitrogens with one attached hydrogen (secondary N) is 3. The summed E-state index contributed by atoms with van der Waals surface area (Å²) in [5.74, 6) is 0.661. The van der Waals surface area contributed by atoms with E-state index in [1.807, 2.05) is 55.6 Å². The molecule has 2 aromatic heterocycles. The molecule has 0 aliphatic heterocycles. The number of carbonyl (C=O) groups is 2. The summed E-state index contributed by atoms with van der Waals surface area (Å²) >= 11 is 0. The maximum Gasteiger partial charge on any atom is 0.315 e. The summed E-state index contributed by atoms with van der Waals surface area (Å²) < 4.78 is 1.66. The Morgan fingerprint density at radius 3 is 2.62 bits per heavy atom. The fourth-order valence-corrected chi connectivity index (χ4v) is 2.72. The zero-order valence-electron chi connectivity index (χ0n) is 16.4. The SMILES string of the molecule is CCC(=O)Nc1ccc([C@@H](C)NC(=O)NCc2ccnc(-n3cccn3)c2)cc1. The number of pyridine rings is 1. The number of aromatic nitrogens is 3. The van der Waals surface area contributed by atoms with Crippen molar-refractivity contribution < 1.29 is 9.59 Å². The highest BCUT2D eigenvalue weighted by Gasteiger charge is 2.10. The summed E-state index contributed by atoms with van der Waals surface area (Å²) in [5.41, 5.74) is 2.60.